The summed E-state index contributed by atoms with van der Waals surface area (Å²) in [5.41, 5.74) is 27.6. The number of anilines is 12. The van der Waals surface area contributed by atoms with Crippen molar-refractivity contribution in [1.29, 1.82) is 0 Å². The van der Waals surface area contributed by atoms with Crippen molar-refractivity contribution < 1.29 is 0 Å². The van der Waals surface area contributed by atoms with Gasteiger partial charge in [0.2, 0.25) is 0 Å². The van der Waals surface area contributed by atoms with Crippen LogP contribution in [-0.2, 0) is 0 Å². The predicted molar refractivity (Wildman–Crippen MR) is 432 cm³/mol. The van der Waals surface area contributed by atoms with Crippen LogP contribution in [0.2, 0.25) is 0 Å². The van der Waals surface area contributed by atoms with Gasteiger partial charge in [-0.1, -0.05) is 24.3 Å². The molecule has 0 aliphatic rings. The van der Waals surface area contributed by atoms with Crippen LogP contribution in [-0.4, -0.2) is 79.7 Å². The van der Waals surface area contributed by atoms with Crippen LogP contribution >= 0.6 is 0 Å². The minimum atomic E-state index is 0.683. The number of hydrogen-bond acceptors (Lipinski definition) is 20. The fraction of sp³-hybridized carbons (Fsp3) is 0.0909. The highest BCUT2D eigenvalue weighted by atomic mass is 15.2. The molecule has 108 heavy (non-hydrogen) atoms. The summed E-state index contributed by atoms with van der Waals surface area (Å²) in [4.78, 5) is 92.5. The molecule has 0 radical (unpaired) electrons. The van der Waals surface area contributed by atoms with Crippen molar-refractivity contribution in [2.24, 2.45) is 0 Å². The van der Waals surface area contributed by atoms with Gasteiger partial charge in [-0.2, -0.15) is 0 Å². The summed E-state index contributed by atoms with van der Waals surface area (Å²) in [6, 6.07) is 45.5. The molecule has 0 atom stereocenters. The van der Waals surface area contributed by atoms with Gasteiger partial charge in [0.05, 0.1) is 112 Å². The third kappa shape index (κ3) is 9.62. The van der Waals surface area contributed by atoms with Crippen LogP contribution in [0.3, 0.4) is 0 Å². The van der Waals surface area contributed by atoms with E-state index in [1.54, 1.807) is 0 Å². The van der Waals surface area contributed by atoms with Crippen molar-refractivity contribution in [1.82, 2.24) is 79.7 Å². The van der Waals surface area contributed by atoms with E-state index in [4.69, 9.17) is 79.7 Å². The second-order valence-electron chi connectivity index (χ2n) is 27.5. The molecule has 4 aromatic carbocycles. The molecule has 0 spiro atoms. The second kappa shape index (κ2) is 24.6. The Labute approximate surface area is 617 Å². The zero-order valence-corrected chi connectivity index (χ0v) is 59.9. The lowest BCUT2D eigenvalue weighted by atomic mass is 9.88. The second-order valence-corrected chi connectivity index (χ2v) is 27.5. The third-order valence-electron chi connectivity index (χ3n) is 20.8. The summed E-state index contributed by atoms with van der Waals surface area (Å²) in [5, 5.41) is 5.36. The van der Waals surface area contributed by atoms with Gasteiger partial charge in [-0.25, -0.2) is 0 Å². The molecule has 0 aliphatic heterocycles. The lowest BCUT2D eigenvalue weighted by molar-refractivity contribution is 1.17. The van der Waals surface area contributed by atoms with Gasteiger partial charge in [-0.05, 0) is 209 Å². The number of rotatable bonds is 12. The first kappa shape index (κ1) is 63.3. The Hall–Kier alpha value is -14.4. The standard InChI is InChI=1S/C88H62N20/c1-47-39-97-59-17-9-29-89-73(59)81(47)105(82-48(2)40-98-60-18-10-30-90-74(60)82)67-37-68(106(83-49(3)41-99-61-19-11-31-91-75(61)83)84-50(4)42-100-62-20-12-32-92-76(62)84)56-27-28-58-70(108(87-53(7)45-103-65-23-15-35-95-79(65)87)88-54(8)46-104-66-24-16-36-96-80(66)88)38-69(57-26-25-55(67)71(56)72(57)58)107(85-51(5)43-101-63-21-13-33-93-77(63)85)86-52(6)44-102-64-22-14-34-94-78(64)86/h9-46H,1-8H3. The Morgan fingerprint density at radius 2 is 0.333 bits per heavy atom. The summed E-state index contributed by atoms with van der Waals surface area (Å²) in [6.45, 7) is 16.9. The summed E-state index contributed by atoms with van der Waals surface area (Å²) in [7, 11) is 0. The Morgan fingerprint density at radius 1 is 0.185 bits per heavy atom. The molecule has 0 amide bonds. The first-order chi connectivity index (χ1) is 52.9. The van der Waals surface area contributed by atoms with Crippen LogP contribution in [0.15, 0.2) is 233 Å². The van der Waals surface area contributed by atoms with Crippen molar-refractivity contribution in [3.63, 3.8) is 0 Å². The molecule has 20 aromatic rings. The molecule has 0 bridgehead atoms. The fourth-order valence-electron chi connectivity index (χ4n) is 16.1. The van der Waals surface area contributed by atoms with Gasteiger partial charge in [-0.15, -0.1) is 0 Å². The van der Waals surface area contributed by atoms with Crippen LogP contribution in [0.4, 0.5) is 68.2 Å². The van der Waals surface area contributed by atoms with Crippen molar-refractivity contribution >= 4 is 189 Å². The van der Waals surface area contributed by atoms with E-state index in [2.05, 4.69) is 111 Å². The number of aryl methyl sites for hydroxylation is 8. The SMILES string of the molecule is Cc1cnc2cccnc2c1N(c1cc(N(c2c(C)cnc3cccnc23)c2c(C)cnc3cccnc23)c2ccc3c(N(c4c(C)cnc5cccnc45)c4c(C)cnc5cccnc45)cc(N(c4c(C)cnc5cccnc45)c4c(C)cnc5cccnc45)c4ccc1c2c43)c1c(C)cnc2cccnc12. The summed E-state index contributed by atoms with van der Waals surface area (Å²) in [5.74, 6) is 0. The lowest BCUT2D eigenvalue weighted by Gasteiger charge is -2.36. The first-order valence-corrected chi connectivity index (χ1v) is 35.6. The Bertz CT molecular complexity index is 6010. The molecule has 0 aliphatic carbocycles. The molecule has 0 saturated heterocycles. The summed E-state index contributed by atoms with van der Waals surface area (Å²) >= 11 is 0. The molecule has 20 rings (SSSR count). The van der Waals surface area contributed by atoms with Crippen molar-refractivity contribution in [3.8, 4) is 0 Å². The van der Waals surface area contributed by atoms with E-state index in [9.17, 15) is 0 Å². The molecule has 20 nitrogen and oxygen atoms in total. The van der Waals surface area contributed by atoms with Gasteiger partial charge in [0.25, 0.3) is 0 Å². The van der Waals surface area contributed by atoms with Gasteiger partial charge in [0.1, 0.15) is 44.1 Å². The van der Waals surface area contributed by atoms with Gasteiger partial charge >= 0.3 is 0 Å². The van der Waals surface area contributed by atoms with Crippen LogP contribution in [0.25, 0.3) is 121 Å². The third-order valence-corrected chi connectivity index (χ3v) is 20.8. The largest absolute Gasteiger partial charge is 0.305 e. The topological polar surface area (TPSA) is 219 Å². The zero-order chi connectivity index (χ0) is 72.7. The molecule has 0 unspecified atom stereocenters. The average Bonchev–Trinajstić information content (AvgIpc) is 0.692. The molecule has 16 aromatic heterocycles. The average molecular weight is 1400 g/mol. The molecular weight excluding hydrogens is 1340 g/mol. The highest BCUT2D eigenvalue weighted by molar-refractivity contribution is 6.34. The van der Waals surface area contributed by atoms with Crippen molar-refractivity contribution in [2.75, 3.05) is 19.6 Å². The van der Waals surface area contributed by atoms with E-state index in [1.807, 2.05) is 196 Å². The van der Waals surface area contributed by atoms with E-state index in [-0.39, 0.29) is 0 Å². The normalized spacial score (nSPS) is 11.9. The van der Waals surface area contributed by atoms with Gasteiger partial charge in [0, 0.05) is 131 Å². The summed E-state index contributed by atoms with van der Waals surface area (Å²) in [6.07, 6.45) is 30.3. The van der Waals surface area contributed by atoms with E-state index in [1.165, 1.54) is 0 Å². The monoisotopic (exact) mass is 1400 g/mol. The van der Waals surface area contributed by atoms with Gasteiger partial charge in [0.15, 0.2) is 0 Å². The number of hydrogen-bond donors (Lipinski definition) is 0. The molecule has 0 N–H and O–H groups in total. The highest BCUT2D eigenvalue weighted by Crippen LogP contribution is 2.59. The first-order valence-electron chi connectivity index (χ1n) is 35.6. The Morgan fingerprint density at radius 3 is 0.481 bits per heavy atom. The van der Waals surface area contributed by atoms with Crippen LogP contribution in [0, 0.1) is 55.4 Å². The minimum Gasteiger partial charge on any atom is -0.305 e. The number of nitrogens with zero attached hydrogens (tertiary/aromatic N) is 20. The number of pyridine rings is 16. The van der Waals surface area contributed by atoms with Crippen LogP contribution in [0.5, 0.6) is 0 Å². The van der Waals surface area contributed by atoms with Crippen LogP contribution < -0.4 is 19.6 Å². The minimum absolute atomic E-state index is 0.683. The zero-order valence-electron chi connectivity index (χ0n) is 59.9. The predicted octanol–water partition coefficient (Wildman–Crippen LogP) is 20.5. The van der Waals surface area contributed by atoms with Crippen molar-refractivity contribution in [3.05, 3.63) is 277 Å². The molecule has 16 heterocycles. The quantitative estimate of drug-likeness (QED) is 0.104. The van der Waals surface area contributed by atoms with E-state index in [0.29, 0.717) is 88.3 Å². The maximum atomic E-state index is 5.29. The van der Waals surface area contributed by atoms with Gasteiger partial charge < -0.3 is 19.6 Å². The Balaban J connectivity index is 1.07. The lowest BCUT2D eigenvalue weighted by Crippen LogP contribution is -2.20. The molecule has 0 saturated carbocycles. The van der Waals surface area contributed by atoms with E-state index < -0.39 is 0 Å². The maximum Gasteiger partial charge on any atom is 0.113 e. The molecule has 0 fully saturated rings. The van der Waals surface area contributed by atoms with Crippen molar-refractivity contribution in [2.45, 2.75) is 55.4 Å². The number of aromatic nitrogens is 16. The highest BCUT2D eigenvalue weighted by Gasteiger charge is 2.36. The number of fused-ring (bicyclic) bond motifs is 8. The van der Waals surface area contributed by atoms with E-state index >= 15 is 0 Å². The smallest absolute Gasteiger partial charge is 0.113 e. The maximum absolute atomic E-state index is 5.29. The molecule has 514 valence electrons. The Kier molecular flexibility index (Phi) is 14.4. The van der Waals surface area contributed by atoms with E-state index in [0.717, 1.165) is 145 Å². The van der Waals surface area contributed by atoms with Crippen LogP contribution in [0.1, 0.15) is 44.5 Å². The molecule has 20 heteroatoms. The number of benzene rings is 4. The van der Waals surface area contributed by atoms with Gasteiger partial charge in [-0.3, -0.25) is 79.7 Å². The molecular formula is C88H62N20. The summed E-state index contributed by atoms with van der Waals surface area (Å²) < 4.78 is 0. The fourth-order valence-corrected chi connectivity index (χ4v) is 16.1.